The Kier molecular flexibility index (Phi) is 3.74. The summed E-state index contributed by atoms with van der Waals surface area (Å²) < 4.78 is 12.9. The number of Topliss-reactive ketones (excluding diaryl/α,β-unsaturated/α-hetero) is 1. The second kappa shape index (κ2) is 5.59. The van der Waals surface area contributed by atoms with Crippen LogP contribution in [-0.4, -0.2) is 16.8 Å². The molecule has 1 aliphatic heterocycles. The Hall–Kier alpha value is -2.53. The van der Waals surface area contributed by atoms with Gasteiger partial charge in [-0.05, 0) is 42.3 Å². The maximum Gasteiger partial charge on any atom is 0.261 e. The van der Waals surface area contributed by atoms with Crippen molar-refractivity contribution >= 4 is 17.4 Å². The third-order valence-corrected chi connectivity index (χ3v) is 4.14. The summed E-state index contributed by atoms with van der Waals surface area (Å²) in [5.41, 5.74) is 0.256. The van der Waals surface area contributed by atoms with Gasteiger partial charge in [0.2, 0.25) is 0 Å². The Morgan fingerprint density at radius 1 is 1.22 bits per heavy atom. The minimum atomic E-state index is -1.90. The van der Waals surface area contributed by atoms with Crippen molar-refractivity contribution in [1.29, 1.82) is 0 Å². The molecule has 23 heavy (non-hydrogen) atoms. The van der Waals surface area contributed by atoms with Crippen molar-refractivity contribution in [3.8, 4) is 0 Å². The first-order valence-corrected chi connectivity index (χ1v) is 7.40. The van der Waals surface area contributed by atoms with Gasteiger partial charge in [-0.3, -0.25) is 9.59 Å². The van der Waals surface area contributed by atoms with Gasteiger partial charge in [-0.25, -0.2) is 4.39 Å². The van der Waals surface area contributed by atoms with Crippen LogP contribution >= 0.6 is 0 Å². The molecule has 118 valence electrons. The molecule has 0 radical (unpaired) electrons. The number of hydrogen-bond donors (Lipinski definition) is 2. The third-order valence-electron chi connectivity index (χ3n) is 4.14. The fraction of sp³-hybridized carbons (Fsp3) is 0.222. The van der Waals surface area contributed by atoms with Crippen LogP contribution in [0.4, 0.5) is 10.1 Å². The van der Waals surface area contributed by atoms with E-state index >= 15 is 0 Å². The monoisotopic (exact) mass is 313 g/mol. The Balaban J connectivity index is 1.94. The lowest BCUT2D eigenvalue weighted by atomic mass is 9.87. The molecular formula is C18H16FNO3. The summed E-state index contributed by atoms with van der Waals surface area (Å²) in [5, 5.41) is 13.4. The molecule has 0 saturated heterocycles. The third kappa shape index (κ3) is 2.64. The number of nitrogens with one attached hydrogen (secondary N) is 1. The van der Waals surface area contributed by atoms with Gasteiger partial charge in [0.25, 0.3) is 5.91 Å². The van der Waals surface area contributed by atoms with Crippen molar-refractivity contribution in [1.82, 2.24) is 0 Å². The van der Waals surface area contributed by atoms with Crippen LogP contribution in [0.3, 0.4) is 0 Å². The van der Waals surface area contributed by atoms with Gasteiger partial charge in [-0.2, -0.15) is 0 Å². The average Bonchev–Trinajstić information content (AvgIpc) is 2.78. The van der Waals surface area contributed by atoms with Crippen molar-refractivity contribution in [2.24, 2.45) is 0 Å². The van der Waals surface area contributed by atoms with Crippen molar-refractivity contribution in [2.45, 2.75) is 25.4 Å². The van der Waals surface area contributed by atoms with Crippen molar-refractivity contribution < 1.29 is 19.1 Å². The molecule has 2 aromatic carbocycles. The molecule has 0 bridgehead atoms. The van der Waals surface area contributed by atoms with Gasteiger partial charge < -0.3 is 10.4 Å². The first-order valence-electron chi connectivity index (χ1n) is 7.40. The smallest absolute Gasteiger partial charge is 0.261 e. The van der Waals surface area contributed by atoms with E-state index in [-0.39, 0.29) is 12.0 Å². The molecule has 0 unspecified atom stereocenters. The molecule has 0 saturated carbocycles. The van der Waals surface area contributed by atoms with Gasteiger partial charge in [-0.15, -0.1) is 0 Å². The van der Waals surface area contributed by atoms with E-state index in [1.54, 1.807) is 12.1 Å². The Labute approximate surface area is 133 Å². The molecule has 0 spiro atoms. The number of fused-ring (bicyclic) bond motifs is 1. The summed E-state index contributed by atoms with van der Waals surface area (Å²) >= 11 is 0. The largest absolute Gasteiger partial charge is 0.375 e. The lowest BCUT2D eigenvalue weighted by Gasteiger charge is -2.20. The second-order valence-corrected chi connectivity index (χ2v) is 5.65. The Bertz CT molecular complexity index is 785. The number of aryl methyl sites for hydroxylation is 1. The highest BCUT2D eigenvalue weighted by Gasteiger charge is 2.46. The molecule has 0 aromatic heterocycles. The van der Waals surface area contributed by atoms with Crippen LogP contribution in [0.2, 0.25) is 0 Å². The second-order valence-electron chi connectivity index (χ2n) is 5.65. The highest BCUT2D eigenvalue weighted by molar-refractivity contribution is 6.09. The summed E-state index contributed by atoms with van der Waals surface area (Å²) in [4.78, 5) is 24.6. The first-order chi connectivity index (χ1) is 10.9. The molecule has 1 aliphatic rings. The molecule has 1 amide bonds. The van der Waals surface area contributed by atoms with Gasteiger partial charge in [-0.1, -0.05) is 19.1 Å². The molecule has 2 aromatic rings. The number of carbonyl (C=O) groups excluding carboxylic acids is 2. The number of anilines is 1. The zero-order valence-corrected chi connectivity index (χ0v) is 12.6. The molecule has 0 fully saturated rings. The fourth-order valence-electron chi connectivity index (χ4n) is 2.76. The quantitative estimate of drug-likeness (QED) is 0.853. The van der Waals surface area contributed by atoms with Gasteiger partial charge in [0.05, 0.1) is 6.42 Å². The molecule has 2 N–H and O–H groups in total. The van der Waals surface area contributed by atoms with Gasteiger partial charge in [0.1, 0.15) is 5.82 Å². The predicted molar refractivity (Wildman–Crippen MR) is 83.7 cm³/mol. The zero-order chi connectivity index (χ0) is 16.6. The van der Waals surface area contributed by atoms with Crippen molar-refractivity contribution in [3.63, 3.8) is 0 Å². The highest BCUT2D eigenvalue weighted by Crippen LogP contribution is 2.39. The lowest BCUT2D eigenvalue weighted by molar-refractivity contribution is -0.133. The van der Waals surface area contributed by atoms with Gasteiger partial charge in [0.15, 0.2) is 11.4 Å². The van der Waals surface area contributed by atoms with Crippen LogP contribution < -0.4 is 5.32 Å². The van der Waals surface area contributed by atoms with Gasteiger partial charge >= 0.3 is 0 Å². The normalized spacial score (nSPS) is 19.3. The number of ketones is 1. The Morgan fingerprint density at radius 3 is 2.57 bits per heavy atom. The number of aliphatic hydroxyl groups is 1. The van der Waals surface area contributed by atoms with E-state index in [0.29, 0.717) is 11.3 Å². The SMILES string of the molecule is CCc1ccc2c(c1)[C@@](O)(CC(=O)c1ccc(F)cc1)C(=O)N2. The van der Waals surface area contributed by atoms with E-state index in [2.05, 4.69) is 5.32 Å². The van der Waals surface area contributed by atoms with Crippen molar-refractivity contribution in [3.05, 3.63) is 65.0 Å². The minimum Gasteiger partial charge on any atom is -0.375 e. The minimum absolute atomic E-state index is 0.257. The van der Waals surface area contributed by atoms with E-state index < -0.39 is 23.1 Å². The van der Waals surface area contributed by atoms with Crippen LogP contribution in [0, 0.1) is 5.82 Å². The number of rotatable bonds is 4. The standard InChI is InChI=1S/C18H16FNO3/c1-2-11-3-8-15-14(9-11)18(23,17(22)20-15)10-16(21)12-4-6-13(19)7-5-12/h3-9,23H,2,10H2,1H3,(H,20,22)/t18-/m0/s1. The summed E-state index contributed by atoms with van der Waals surface area (Å²) in [6.45, 7) is 1.97. The number of halogens is 1. The van der Waals surface area contributed by atoms with Crippen LogP contribution in [0.15, 0.2) is 42.5 Å². The van der Waals surface area contributed by atoms with E-state index in [4.69, 9.17) is 0 Å². The fourth-order valence-corrected chi connectivity index (χ4v) is 2.76. The molecule has 0 aliphatic carbocycles. The molecule has 1 atom stereocenters. The average molecular weight is 313 g/mol. The van der Waals surface area contributed by atoms with Crippen LogP contribution in [-0.2, 0) is 16.8 Å². The van der Waals surface area contributed by atoms with E-state index in [0.717, 1.165) is 12.0 Å². The van der Waals surface area contributed by atoms with E-state index in [1.165, 1.54) is 24.3 Å². The van der Waals surface area contributed by atoms with Crippen LogP contribution in [0.5, 0.6) is 0 Å². The van der Waals surface area contributed by atoms with Crippen LogP contribution in [0.1, 0.15) is 34.8 Å². The predicted octanol–water partition coefficient (Wildman–Crippen LogP) is 2.80. The Morgan fingerprint density at radius 2 is 1.91 bits per heavy atom. The number of hydrogen-bond acceptors (Lipinski definition) is 3. The molecule has 5 heteroatoms. The molecular weight excluding hydrogens is 297 g/mol. The van der Waals surface area contributed by atoms with Crippen LogP contribution in [0.25, 0.3) is 0 Å². The summed E-state index contributed by atoms with van der Waals surface area (Å²) in [7, 11) is 0. The number of benzene rings is 2. The summed E-state index contributed by atoms with van der Waals surface area (Å²) in [6, 6.07) is 10.4. The van der Waals surface area contributed by atoms with E-state index in [1.807, 2.05) is 13.0 Å². The number of amides is 1. The maximum atomic E-state index is 12.9. The summed E-state index contributed by atoms with van der Waals surface area (Å²) in [5.74, 6) is -1.48. The summed E-state index contributed by atoms with van der Waals surface area (Å²) in [6.07, 6.45) is 0.369. The molecule has 3 rings (SSSR count). The van der Waals surface area contributed by atoms with E-state index in [9.17, 15) is 19.1 Å². The highest BCUT2D eigenvalue weighted by atomic mass is 19.1. The first kappa shape index (κ1) is 15.4. The maximum absolute atomic E-state index is 12.9. The molecule has 4 nitrogen and oxygen atoms in total. The lowest BCUT2D eigenvalue weighted by Crippen LogP contribution is -2.36. The van der Waals surface area contributed by atoms with Crippen molar-refractivity contribution in [2.75, 3.05) is 5.32 Å². The van der Waals surface area contributed by atoms with Gasteiger partial charge in [0, 0.05) is 16.8 Å². The number of carbonyl (C=O) groups is 2. The molecule has 1 heterocycles. The zero-order valence-electron chi connectivity index (χ0n) is 12.6. The topological polar surface area (TPSA) is 66.4 Å².